The van der Waals surface area contributed by atoms with Crippen LogP contribution >= 0.6 is 0 Å². The Bertz CT molecular complexity index is 525. The first-order chi connectivity index (χ1) is 9.31. The normalized spacial score (nSPS) is 16.5. The molecule has 0 spiro atoms. The predicted octanol–water partition coefficient (Wildman–Crippen LogP) is 2.62. The van der Waals surface area contributed by atoms with Gasteiger partial charge in [0.05, 0.1) is 7.05 Å². The summed E-state index contributed by atoms with van der Waals surface area (Å²) in [5.74, 6) is 0.673. The molecular weight excluding hydrogens is 238 g/mol. The second kappa shape index (κ2) is 5.38. The largest absolute Gasteiger partial charge is 0.382 e. The molecule has 5 nitrogen and oxygen atoms in total. The molecule has 2 aromatic rings. The number of tetrazole rings is 1. The zero-order chi connectivity index (χ0) is 13.1. The van der Waals surface area contributed by atoms with Crippen LogP contribution in [0.15, 0.2) is 24.3 Å². The molecule has 1 aromatic carbocycles. The summed E-state index contributed by atoms with van der Waals surface area (Å²) in [5, 5.41) is 15.7. The topological polar surface area (TPSA) is 55.6 Å². The number of benzene rings is 1. The van der Waals surface area contributed by atoms with Crippen LogP contribution in [0.3, 0.4) is 0 Å². The number of aromatic nitrogens is 4. The highest BCUT2D eigenvalue weighted by atomic mass is 15.6. The molecule has 0 amide bonds. The van der Waals surface area contributed by atoms with Gasteiger partial charge < -0.3 is 5.32 Å². The van der Waals surface area contributed by atoms with Gasteiger partial charge in [0.15, 0.2) is 0 Å². The zero-order valence-electron chi connectivity index (χ0n) is 11.2. The summed E-state index contributed by atoms with van der Waals surface area (Å²) >= 11 is 0. The van der Waals surface area contributed by atoms with E-state index in [4.69, 9.17) is 0 Å². The van der Waals surface area contributed by atoms with E-state index in [0.29, 0.717) is 11.9 Å². The van der Waals surface area contributed by atoms with Crippen molar-refractivity contribution in [1.29, 1.82) is 0 Å². The lowest BCUT2D eigenvalue weighted by Gasteiger charge is -2.23. The standard InChI is InChI=1S/C14H19N5/c1-19-17-14(16-18-19)11-7-9-13(10-8-11)15-12-5-3-2-4-6-12/h7-10,12,15H,2-6H2,1H3. The fraction of sp³-hybridized carbons (Fsp3) is 0.500. The Kier molecular flexibility index (Phi) is 3.44. The molecule has 1 aliphatic carbocycles. The van der Waals surface area contributed by atoms with E-state index in [-0.39, 0.29) is 0 Å². The molecule has 1 fully saturated rings. The molecule has 1 N–H and O–H groups in total. The lowest BCUT2D eigenvalue weighted by atomic mass is 9.95. The van der Waals surface area contributed by atoms with Crippen molar-refractivity contribution in [3.63, 3.8) is 0 Å². The molecule has 0 bridgehead atoms. The second-order valence-electron chi connectivity index (χ2n) is 5.16. The summed E-state index contributed by atoms with van der Waals surface area (Å²) in [6.45, 7) is 0. The van der Waals surface area contributed by atoms with Crippen molar-refractivity contribution >= 4 is 5.69 Å². The smallest absolute Gasteiger partial charge is 0.204 e. The van der Waals surface area contributed by atoms with E-state index < -0.39 is 0 Å². The first-order valence-electron chi connectivity index (χ1n) is 6.92. The van der Waals surface area contributed by atoms with Crippen LogP contribution in [0.2, 0.25) is 0 Å². The van der Waals surface area contributed by atoms with Crippen LogP contribution < -0.4 is 5.32 Å². The van der Waals surface area contributed by atoms with Gasteiger partial charge in [-0.15, -0.1) is 10.2 Å². The average molecular weight is 257 g/mol. The van der Waals surface area contributed by atoms with E-state index in [1.165, 1.54) is 42.6 Å². The number of rotatable bonds is 3. The molecule has 1 aromatic heterocycles. The fourth-order valence-electron chi connectivity index (χ4n) is 2.60. The Morgan fingerprint density at radius 3 is 2.47 bits per heavy atom. The van der Waals surface area contributed by atoms with E-state index in [1.807, 2.05) is 12.1 Å². The second-order valence-corrected chi connectivity index (χ2v) is 5.16. The van der Waals surface area contributed by atoms with Crippen LogP contribution in [-0.2, 0) is 7.05 Å². The molecule has 1 aliphatic rings. The summed E-state index contributed by atoms with van der Waals surface area (Å²) in [5.41, 5.74) is 2.18. The zero-order valence-corrected chi connectivity index (χ0v) is 11.2. The van der Waals surface area contributed by atoms with Crippen LogP contribution in [0.5, 0.6) is 0 Å². The summed E-state index contributed by atoms with van der Waals surface area (Å²) in [6.07, 6.45) is 6.65. The van der Waals surface area contributed by atoms with E-state index >= 15 is 0 Å². The SMILES string of the molecule is Cn1nnc(-c2ccc(NC3CCCCC3)cc2)n1. The van der Waals surface area contributed by atoms with Crippen LogP contribution in [0.1, 0.15) is 32.1 Å². The monoisotopic (exact) mass is 257 g/mol. The molecule has 0 saturated heterocycles. The summed E-state index contributed by atoms with van der Waals surface area (Å²) in [6, 6.07) is 8.92. The van der Waals surface area contributed by atoms with Crippen LogP contribution in [0.25, 0.3) is 11.4 Å². The van der Waals surface area contributed by atoms with Crippen molar-refractivity contribution in [2.75, 3.05) is 5.32 Å². The van der Waals surface area contributed by atoms with Gasteiger partial charge in [-0.25, -0.2) is 0 Å². The third-order valence-electron chi connectivity index (χ3n) is 3.63. The minimum Gasteiger partial charge on any atom is -0.382 e. The molecule has 0 aliphatic heterocycles. The number of nitrogens with zero attached hydrogens (tertiary/aromatic N) is 4. The molecule has 1 saturated carbocycles. The van der Waals surface area contributed by atoms with Crippen LogP contribution in [0.4, 0.5) is 5.69 Å². The molecule has 100 valence electrons. The lowest BCUT2D eigenvalue weighted by Crippen LogP contribution is -2.22. The Hall–Kier alpha value is -1.91. The van der Waals surface area contributed by atoms with Crippen LogP contribution in [-0.4, -0.2) is 26.2 Å². The Labute approximate surface area is 113 Å². The molecule has 1 heterocycles. The van der Waals surface area contributed by atoms with Crippen molar-refractivity contribution < 1.29 is 0 Å². The Morgan fingerprint density at radius 2 is 1.84 bits per heavy atom. The maximum atomic E-state index is 4.20. The molecule has 0 radical (unpaired) electrons. The van der Waals surface area contributed by atoms with Gasteiger partial charge in [0.1, 0.15) is 0 Å². The van der Waals surface area contributed by atoms with Gasteiger partial charge in [0.25, 0.3) is 0 Å². The van der Waals surface area contributed by atoms with Gasteiger partial charge in [-0.3, -0.25) is 0 Å². The number of anilines is 1. The molecule has 0 atom stereocenters. The van der Waals surface area contributed by atoms with Gasteiger partial charge in [-0.05, 0) is 42.3 Å². The average Bonchev–Trinajstić information content (AvgIpc) is 2.87. The number of nitrogens with one attached hydrogen (secondary N) is 1. The Morgan fingerprint density at radius 1 is 1.11 bits per heavy atom. The van der Waals surface area contributed by atoms with Gasteiger partial charge in [-0.1, -0.05) is 19.3 Å². The number of hydrogen-bond donors (Lipinski definition) is 1. The van der Waals surface area contributed by atoms with E-state index in [9.17, 15) is 0 Å². The van der Waals surface area contributed by atoms with E-state index in [0.717, 1.165) is 5.56 Å². The molecule has 3 rings (SSSR count). The highest BCUT2D eigenvalue weighted by Gasteiger charge is 2.13. The van der Waals surface area contributed by atoms with Crippen molar-refractivity contribution in [3.05, 3.63) is 24.3 Å². The predicted molar refractivity (Wildman–Crippen MR) is 74.7 cm³/mol. The van der Waals surface area contributed by atoms with Gasteiger partial charge in [-0.2, -0.15) is 4.80 Å². The van der Waals surface area contributed by atoms with Crippen molar-refractivity contribution in [1.82, 2.24) is 20.2 Å². The summed E-state index contributed by atoms with van der Waals surface area (Å²) in [4.78, 5) is 1.48. The summed E-state index contributed by atoms with van der Waals surface area (Å²) < 4.78 is 0. The van der Waals surface area contributed by atoms with Crippen molar-refractivity contribution in [2.45, 2.75) is 38.1 Å². The van der Waals surface area contributed by atoms with Gasteiger partial charge >= 0.3 is 0 Å². The highest BCUT2D eigenvalue weighted by Crippen LogP contribution is 2.23. The molecule has 0 unspecified atom stereocenters. The summed E-state index contributed by atoms with van der Waals surface area (Å²) in [7, 11) is 1.77. The van der Waals surface area contributed by atoms with Crippen molar-refractivity contribution in [2.24, 2.45) is 7.05 Å². The van der Waals surface area contributed by atoms with E-state index in [2.05, 4.69) is 32.9 Å². The molecular formula is C14H19N5. The first kappa shape index (κ1) is 12.1. The van der Waals surface area contributed by atoms with E-state index in [1.54, 1.807) is 7.05 Å². The highest BCUT2D eigenvalue weighted by molar-refractivity contribution is 5.59. The third kappa shape index (κ3) is 2.92. The maximum absolute atomic E-state index is 4.20. The van der Waals surface area contributed by atoms with Gasteiger partial charge in [0.2, 0.25) is 5.82 Å². The maximum Gasteiger partial charge on any atom is 0.204 e. The first-order valence-corrected chi connectivity index (χ1v) is 6.92. The van der Waals surface area contributed by atoms with Crippen LogP contribution in [0, 0.1) is 0 Å². The third-order valence-corrected chi connectivity index (χ3v) is 3.63. The fourth-order valence-corrected chi connectivity index (χ4v) is 2.60. The number of hydrogen-bond acceptors (Lipinski definition) is 4. The van der Waals surface area contributed by atoms with Gasteiger partial charge in [0, 0.05) is 17.3 Å². The molecule has 5 heteroatoms. The molecule has 19 heavy (non-hydrogen) atoms. The van der Waals surface area contributed by atoms with Crippen molar-refractivity contribution in [3.8, 4) is 11.4 Å². The Balaban J connectivity index is 1.68. The lowest BCUT2D eigenvalue weighted by molar-refractivity contribution is 0.463. The number of aryl methyl sites for hydroxylation is 1. The minimum atomic E-state index is 0.634. The quantitative estimate of drug-likeness (QED) is 0.918. The minimum absolute atomic E-state index is 0.634.